The summed E-state index contributed by atoms with van der Waals surface area (Å²) >= 11 is 1.32. The van der Waals surface area contributed by atoms with Gasteiger partial charge in [0.1, 0.15) is 0 Å². The van der Waals surface area contributed by atoms with Gasteiger partial charge >= 0.3 is 0 Å². The van der Waals surface area contributed by atoms with Crippen LogP contribution in [-0.4, -0.2) is 52.2 Å². The average Bonchev–Trinajstić information content (AvgIpc) is 3.00. The number of benzene rings is 1. The van der Waals surface area contributed by atoms with Gasteiger partial charge in [-0.15, -0.1) is 10.2 Å². The van der Waals surface area contributed by atoms with Gasteiger partial charge in [0.25, 0.3) is 0 Å². The zero-order chi connectivity index (χ0) is 17.1. The average molecular weight is 347 g/mol. The molecular weight excluding hydrogens is 326 g/mol. The maximum atomic E-state index is 11.4. The number of nitrogens with zero attached hydrogens (tertiary/aromatic N) is 4. The second-order valence-corrected chi connectivity index (χ2v) is 7.02. The standard InChI is InChI=1S/C16H21N5O2S/c1-11-3-5-13(6-4-11)21-15(20-7-9-23-10-8-20)18-19-16(21)24-12(2)14(17)22/h3-6,12H,7-10H2,1-2H3,(H2,17,22). The van der Waals surface area contributed by atoms with Gasteiger partial charge < -0.3 is 15.4 Å². The zero-order valence-corrected chi connectivity index (χ0v) is 14.6. The van der Waals surface area contributed by atoms with Crippen LogP contribution in [0.5, 0.6) is 0 Å². The van der Waals surface area contributed by atoms with E-state index in [1.807, 2.05) is 35.8 Å². The molecule has 1 saturated heterocycles. The number of rotatable bonds is 5. The lowest BCUT2D eigenvalue weighted by Gasteiger charge is -2.28. The SMILES string of the molecule is Cc1ccc(-n2c(SC(C)C(N)=O)nnc2N2CCOCC2)cc1. The summed E-state index contributed by atoms with van der Waals surface area (Å²) in [6.45, 7) is 6.68. The Balaban J connectivity index is 2.01. The number of nitrogens with two attached hydrogens (primary N) is 1. The summed E-state index contributed by atoms with van der Waals surface area (Å²) in [5.74, 6) is 0.396. The Morgan fingerprint density at radius 1 is 1.25 bits per heavy atom. The molecule has 1 aromatic heterocycles. The normalized spacial score (nSPS) is 16.2. The number of thioether (sulfide) groups is 1. The highest BCUT2D eigenvalue weighted by molar-refractivity contribution is 8.00. The molecule has 1 aromatic carbocycles. The van der Waals surface area contributed by atoms with Crippen molar-refractivity contribution in [3.05, 3.63) is 29.8 Å². The summed E-state index contributed by atoms with van der Waals surface area (Å²) in [4.78, 5) is 13.6. The van der Waals surface area contributed by atoms with Crippen molar-refractivity contribution in [2.75, 3.05) is 31.2 Å². The van der Waals surface area contributed by atoms with E-state index in [0.717, 1.165) is 24.7 Å². The fourth-order valence-electron chi connectivity index (χ4n) is 2.44. The van der Waals surface area contributed by atoms with Gasteiger partial charge in [0.05, 0.1) is 24.2 Å². The monoisotopic (exact) mass is 347 g/mol. The number of ether oxygens (including phenoxy) is 1. The number of carbonyl (C=O) groups is 1. The highest BCUT2D eigenvalue weighted by Gasteiger charge is 2.24. The molecule has 0 spiro atoms. The molecule has 7 nitrogen and oxygen atoms in total. The van der Waals surface area contributed by atoms with E-state index < -0.39 is 0 Å². The first kappa shape index (κ1) is 16.8. The lowest BCUT2D eigenvalue weighted by molar-refractivity contribution is -0.117. The fourth-order valence-corrected chi connectivity index (χ4v) is 3.26. The fraction of sp³-hybridized carbons (Fsp3) is 0.438. The summed E-state index contributed by atoms with van der Waals surface area (Å²) in [5.41, 5.74) is 7.54. The Bertz CT molecular complexity index is 710. The number of aromatic nitrogens is 3. The Hall–Kier alpha value is -2.06. The largest absolute Gasteiger partial charge is 0.378 e. The van der Waals surface area contributed by atoms with Gasteiger partial charge in [-0.3, -0.25) is 9.36 Å². The first-order valence-electron chi connectivity index (χ1n) is 7.87. The first-order valence-corrected chi connectivity index (χ1v) is 8.75. The molecule has 2 N–H and O–H groups in total. The number of aryl methyl sites for hydroxylation is 1. The lowest BCUT2D eigenvalue weighted by Crippen LogP contribution is -2.38. The van der Waals surface area contributed by atoms with Crippen LogP contribution in [0.1, 0.15) is 12.5 Å². The van der Waals surface area contributed by atoms with E-state index >= 15 is 0 Å². The van der Waals surface area contributed by atoms with Gasteiger partial charge in [-0.2, -0.15) is 0 Å². The van der Waals surface area contributed by atoms with Gasteiger partial charge in [0, 0.05) is 13.1 Å². The molecule has 0 bridgehead atoms. The van der Waals surface area contributed by atoms with Crippen molar-refractivity contribution in [1.82, 2.24) is 14.8 Å². The third kappa shape index (κ3) is 3.54. The van der Waals surface area contributed by atoms with Crippen molar-refractivity contribution in [2.45, 2.75) is 24.3 Å². The van der Waals surface area contributed by atoms with E-state index in [2.05, 4.69) is 15.1 Å². The van der Waals surface area contributed by atoms with Crippen LogP contribution in [0.4, 0.5) is 5.95 Å². The minimum absolute atomic E-state index is 0.369. The molecule has 0 aliphatic carbocycles. The second kappa shape index (κ2) is 7.23. The van der Waals surface area contributed by atoms with Crippen LogP contribution in [0.15, 0.2) is 29.4 Å². The quantitative estimate of drug-likeness (QED) is 0.822. The molecule has 128 valence electrons. The second-order valence-electron chi connectivity index (χ2n) is 5.72. The van der Waals surface area contributed by atoms with Crippen molar-refractivity contribution < 1.29 is 9.53 Å². The Labute approximate surface area is 145 Å². The number of primary amides is 1. The molecule has 0 radical (unpaired) electrons. The van der Waals surface area contributed by atoms with Crippen LogP contribution >= 0.6 is 11.8 Å². The summed E-state index contributed by atoms with van der Waals surface area (Å²) in [6.07, 6.45) is 0. The van der Waals surface area contributed by atoms with Crippen molar-refractivity contribution >= 4 is 23.6 Å². The Morgan fingerprint density at radius 2 is 1.92 bits per heavy atom. The number of morpholine rings is 1. The molecule has 2 heterocycles. The van der Waals surface area contributed by atoms with Crippen LogP contribution in [0.2, 0.25) is 0 Å². The smallest absolute Gasteiger partial charge is 0.232 e. The minimum Gasteiger partial charge on any atom is -0.378 e. The topological polar surface area (TPSA) is 86.3 Å². The summed E-state index contributed by atoms with van der Waals surface area (Å²) < 4.78 is 7.40. The van der Waals surface area contributed by atoms with Gasteiger partial charge in [0.15, 0.2) is 5.16 Å². The van der Waals surface area contributed by atoms with Gasteiger partial charge in [-0.05, 0) is 26.0 Å². The molecule has 1 fully saturated rings. The third-order valence-electron chi connectivity index (χ3n) is 3.89. The lowest BCUT2D eigenvalue weighted by atomic mass is 10.2. The van der Waals surface area contributed by atoms with Crippen molar-refractivity contribution in [3.63, 3.8) is 0 Å². The molecule has 0 saturated carbocycles. The van der Waals surface area contributed by atoms with Crippen LogP contribution in [0.3, 0.4) is 0 Å². The van der Waals surface area contributed by atoms with E-state index in [1.54, 1.807) is 6.92 Å². The van der Waals surface area contributed by atoms with E-state index in [1.165, 1.54) is 17.3 Å². The number of anilines is 1. The van der Waals surface area contributed by atoms with Gasteiger partial charge in [-0.25, -0.2) is 0 Å². The van der Waals surface area contributed by atoms with Gasteiger partial charge in [-0.1, -0.05) is 29.5 Å². The van der Waals surface area contributed by atoms with Crippen molar-refractivity contribution in [2.24, 2.45) is 5.73 Å². The molecule has 1 atom stereocenters. The Morgan fingerprint density at radius 3 is 2.54 bits per heavy atom. The predicted octanol–water partition coefficient (Wildman–Crippen LogP) is 1.38. The van der Waals surface area contributed by atoms with Crippen molar-refractivity contribution in [3.8, 4) is 5.69 Å². The number of hydrogen-bond donors (Lipinski definition) is 1. The molecule has 1 aliphatic rings. The van der Waals surface area contributed by atoms with Crippen LogP contribution in [0, 0.1) is 6.92 Å². The third-order valence-corrected chi connectivity index (χ3v) is 4.95. The molecule has 1 amide bonds. The summed E-state index contributed by atoms with van der Waals surface area (Å²) in [7, 11) is 0. The molecule has 8 heteroatoms. The van der Waals surface area contributed by atoms with E-state index in [0.29, 0.717) is 18.4 Å². The highest BCUT2D eigenvalue weighted by atomic mass is 32.2. The number of carbonyl (C=O) groups excluding carboxylic acids is 1. The maximum absolute atomic E-state index is 11.4. The summed E-state index contributed by atoms with van der Waals surface area (Å²) in [6, 6.07) is 8.15. The van der Waals surface area contributed by atoms with E-state index in [-0.39, 0.29) is 11.2 Å². The highest BCUT2D eigenvalue weighted by Crippen LogP contribution is 2.29. The first-order chi connectivity index (χ1) is 11.6. The number of hydrogen-bond acceptors (Lipinski definition) is 6. The molecule has 1 unspecified atom stereocenters. The number of amides is 1. The van der Waals surface area contributed by atoms with E-state index in [4.69, 9.17) is 10.5 Å². The molecule has 24 heavy (non-hydrogen) atoms. The Kier molecular flexibility index (Phi) is 5.06. The van der Waals surface area contributed by atoms with Crippen LogP contribution in [-0.2, 0) is 9.53 Å². The van der Waals surface area contributed by atoms with Crippen LogP contribution in [0.25, 0.3) is 5.69 Å². The van der Waals surface area contributed by atoms with Gasteiger partial charge in [0.2, 0.25) is 11.9 Å². The van der Waals surface area contributed by atoms with E-state index in [9.17, 15) is 4.79 Å². The molecular formula is C16H21N5O2S. The summed E-state index contributed by atoms with van der Waals surface area (Å²) in [5, 5.41) is 8.94. The molecule has 1 aliphatic heterocycles. The van der Waals surface area contributed by atoms with Crippen LogP contribution < -0.4 is 10.6 Å². The molecule has 3 rings (SSSR count). The minimum atomic E-state index is -0.379. The molecule has 2 aromatic rings. The predicted molar refractivity (Wildman–Crippen MR) is 93.6 cm³/mol. The maximum Gasteiger partial charge on any atom is 0.232 e. The van der Waals surface area contributed by atoms with Crippen molar-refractivity contribution in [1.29, 1.82) is 0 Å². The zero-order valence-electron chi connectivity index (χ0n) is 13.8.